The van der Waals surface area contributed by atoms with Crippen LogP contribution in [0.25, 0.3) is 21.1 Å². The number of phenolic OH excluding ortho intramolecular Hbond substituents is 1. The Kier molecular flexibility index (Phi) is 27.9. The number of aliphatic hydroxyl groups excluding tert-OH is 6. The van der Waals surface area contributed by atoms with Gasteiger partial charge in [-0.2, -0.15) is 0 Å². The number of fused-ring (bicyclic) bond motifs is 2. The molecule has 5 aromatic rings. The van der Waals surface area contributed by atoms with E-state index < -0.39 is 177 Å². The first-order valence-electron chi connectivity index (χ1n) is 29.9. The number of nitrogens with two attached hydrogens (primary N) is 1. The molecule has 12 unspecified atom stereocenters. The Morgan fingerprint density at radius 1 is 0.737 bits per heavy atom. The Morgan fingerprint density at radius 2 is 1.35 bits per heavy atom. The second kappa shape index (κ2) is 35.4. The first kappa shape index (κ1) is 74.8. The van der Waals surface area contributed by atoms with Crippen LogP contribution in [-0.4, -0.2) is 209 Å². The maximum atomic E-state index is 14.7. The van der Waals surface area contributed by atoms with E-state index in [9.17, 15) is 79.4 Å². The van der Waals surface area contributed by atoms with Gasteiger partial charge in [0.1, 0.15) is 57.8 Å². The van der Waals surface area contributed by atoms with Crippen LogP contribution in [0.15, 0.2) is 97.1 Å². The number of nitrogens with zero attached hydrogens (tertiary/aromatic N) is 4. The number of benzene rings is 4. The number of ether oxygens (including phenoxy) is 2. The number of amides is 8. The Labute approximate surface area is 574 Å². The SMILES string of the molecule is CC(O)C1NC(=O)[C@@H](NC(=O)c2ccc(-c3nnc(-c4ccc(OCCCCCOc5ccccc5)cc4)s3)cc2)CC(O)CNC(=O)C2C(O)C(C)CN2C(=O)C(C(O)CC(N)=O)NC(=O)C(C(O)Cc2ccc(O)c(OSOO[O-])c2)NC(=O)C2CC(O)CN2C1=O.[Na+]. The molecule has 13 atom stereocenters. The molecule has 3 saturated heterocycles. The van der Waals surface area contributed by atoms with Gasteiger partial charge in [0.05, 0.1) is 56.3 Å². The Balaban J connectivity index is 0.0000128. The summed E-state index contributed by atoms with van der Waals surface area (Å²) in [7, 11) is 0. The molecule has 0 saturated carbocycles. The van der Waals surface area contributed by atoms with Crippen LogP contribution in [0.3, 0.4) is 0 Å². The molecule has 3 aliphatic heterocycles. The summed E-state index contributed by atoms with van der Waals surface area (Å²) in [6, 6.07) is 14.7. The number of aromatic nitrogens is 2. The van der Waals surface area contributed by atoms with E-state index in [2.05, 4.69) is 46.2 Å². The number of aliphatic hydroxyl groups is 6. The van der Waals surface area contributed by atoms with Crippen molar-refractivity contribution < 1.29 is 132 Å². The molecule has 0 radical (unpaired) electrons. The van der Waals surface area contributed by atoms with Gasteiger partial charge in [-0.1, -0.05) is 54.7 Å². The molecule has 506 valence electrons. The fraction of sp³-hybridized carbons (Fsp3) is 0.443. The number of hydrogen-bond donors (Lipinski definition) is 13. The number of β-amino-alcohol motifs (C(OH)–C–C–N with tert-alkyl or cyclic N) is 1. The van der Waals surface area contributed by atoms with Gasteiger partial charge < -0.3 is 96.8 Å². The van der Waals surface area contributed by atoms with E-state index in [1.165, 1.54) is 36.5 Å². The summed E-state index contributed by atoms with van der Waals surface area (Å²) in [5, 5.41) is 114. The quantitative estimate of drug-likeness (QED) is 0.00959. The molecule has 0 bridgehead atoms. The van der Waals surface area contributed by atoms with Crippen LogP contribution >= 0.6 is 23.7 Å². The number of rotatable bonds is 23. The molecule has 4 heterocycles. The maximum Gasteiger partial charge on any atom is 1.00 e. The number of nitrogens with one attached hydrogen (secondary N) is 5. The molecule has 14 N–H and O–H groups in total. The first-order valence-corrected chi connectivity index (χ1v) is 31.4. The van der Waals surface area contributed by atoms with E-state index in [-0.39, 0.29) is 58.8 Å². The van der Waals surface area contributed by atoms with Crippen molar-refractivity contribution in [1.82, 2.24) is 46.6 Å². The smallest absolute Gasteiger partial charge is 0.691 e. The molecule has 31 nitrogen and oxygen atoms in total. The average molecular weight is 1370 g/mol. The second-order valence-electron chi connectivity index (χ2n) is 22.8. The Hall–Kier alpha value is -7.61. The van der Waals surface area contributed by atoms with Crippen LogP contribution in [-0.2, 0) is 49.4 Å². The number of hydrogen-bond acceptors (Lipinski definition) is 25. The Morgan fingerprint density at radius 3 is 1.98 bits per heavy atom. The number of aromatic hydroxyl groups is 1. The molecule has 0 aliphatic carbocycles. The third-order valence-electron chi connectivity index (χ3n) is 15.8. The van der Waals surface area contributed by atoms with Gasteiger partial charge in [0, 0.05) is 61.5 Å². The third-order valence-corrected chi connectivity index (χ3v) is 17.2. The molecule has 3 fully saturated rings. The first-order chi connectivity index (χ1) is 45.0. The molecule has 1 aromatic heterocycles. The molecular formula is C61H73N10NaO21S2. The second-order valence-corrected chi connectivity index (χ2v) is 24.3. The maximum absolute atomic E-state index is 14.7. The van der Waals surface area contributed by atoms with Crippen LogP contribution in [0, 0.1) is 5.92 Å². The number of carbonyl (C=O) groups is 8. The van der Waals surface area contributed by atoms with Crippen molar-refractivity contribution >= 4 is 70.9 Å². The van der Waals surface area contributed by atoms with E-state index in [4.69, 9.17) is 19.4 Å². The van der Waals surface area contributed by atoms with E-state index in [1.807, 2.05) is 54.6 Å². The summed E-state index contributed by atoms with van der Waals surface area (Å²) in [6.45, 7) is 1.97. The van der Waals surface area contributed by atoms with E-state index in [0.717, 1.165) is 59.4 Å². The zero-order chi connectivity index (χ0) is 67.8. The van der Waals surface area contributed by atoms with Gasteiger partial charge in [0.2, 0.25) is 41.4 Å². The minimum absolute atomic E-state index is 0. The van der Waals surface area contributed by atoms with Crippen LogP contribution in [0.2, 0.25) is 0 Å². The van der Waals surface area contributed by atoms with Crippen molar-refractivity contribution in [2.75, 3.05) is 32.8 Å². The normalized spacial score (nSPS) is 24.0. The zero-order valence-electron chi connectivity index (χ0n) is 51.8. The molecule has 3 aliphatic rings. The van der Waals surface area contributed by atoms with Crippen molar-refractivity contribution in [3.63, 3.8) is 0 Å². The summed E-state index contributed by atoms with van der Waals surface area (Å²) in [6.07, 6.45) is -11.1. The van der Waals surface area contributed by atoms with Gasteiger partial charge in [0.15, 0.2) is 11.5 Å². The predicted octanol–water partition coefficient (Wildman–Crippen LogP) is -4.80. The molecule has 8 rings (SSSR count). The Bertz CT molecular complexity index is 3440. The van der Waals surface area contributed by atoms with Crippen LogP contribution in [0.5, 0.6) is 23.0 Å². The largest absolute Gasteiger partial charge is 1.00 e. The van der Waals surface area contributed by atoms with Crippen LogP contribution in [0.4, 0.5) is 0 Å². The van der Waals surface area contributed by atoms with Gasteiger partial charge in [-0.25, -0.2) is 0 Å². The van der Waals surface area contributed by atoms with Gasteiger partial charge >= 0.3 is 29.6 Å². The summed E-state index contributed by atoms with van der Waals surface area (Å²) in [5.74, 6) is -9.70. The number of primary amides is 1. The number of unbranched alkanes of at least 4 members (excludes halogenated alkanes) is 2. The van der Waals surface area contributed by atoms with Gasteiger partial charge in [0.25, 0.3) is 18.2 Å². The van der Waals surface area contributed by atoms with Crippen molar-refractivity contribution in [3.05, 3.63) is 108 Å². The molecule has 95 heavy (non-hydrogen) atoms. The zero-order valence-corrected chi connectivity index (χ0v) is 55.4. The van der Waals surface area contributed by atoms with E-state index >= 15 is 0 Å². The van der Waals surface area contributed by atoms with Crippen LogP contribution < -0.4 is 80.8 Å². The van der Waals surface area contributed by atoms with Crippen molar-refractivity contribution in [1.29, 1.82) is 0 Å². The van der Waals surface area contributed by atoms with Crippen LogP contribution in [0.1, 0.15) is 68.3 Å². The topological polar surface area (TPSA) is 466 Å². The molecule has 4 aromatic carbocycles. The summed E-state index contributed by atoms with van der Waals surface area (Å²) < 4.78 is 20.8. The fourth-order valence-corrected chi connectivity index (χ4v) is 12.0. The van der Waals surface area contributed by atoms with E-state index in [1.54, 1.807) is 12.1 Å². The summed E-state index contributed by atoms with van der Waals surface area (Å²) in [4.78, 5) is 115. The van der Waals surface area contributed by atoms with Gasteiger partial charge in [-0.15, -0.1) is 14.5 Å². The van der Waals surface area contributed by atoms with Crippen molar-refractivity contribution in [2.45, 2.75) is 132 Å². The number of phenols is 1. The fourth-order valence-electron chi connectivity index (χ4n) is 10.8. The molecule has 0 spiro atoms. The molecule has 8 amide bonds. The van der Waals surface area contributed by atoms with E-state index in [0.29, 0.717) is 34.5 Å². The third kappa shape index (κ3) is 20.2. The predicted molar refractivity (Wildman–Crippen MR) is 329 cm³/mol. The summed E-state index contributed by atoms with van der Waals surface area (Å²) >= 11 is 1.27. The number of para-hydroxylation sites is 1. The van der Waals surface area contributed by atoms with Crippen molar-refractivity contribution in [2.24, 2.45) is 11.7 Å². The van der Waals surface area contributed by atoms with Gasteiger partial charge in [-0.3, -0.25) is 43.4 Å². The summed E-state index contributed by atoms with van der Waals surface area (Å²) in [5.41, 5.74) is 6.82. The molecular weight excluding hydrogens is 1300 g/mol. The van der Waals surface area contributed by atoms with Crippen molar-refractivity contribution in [3.8, 4) is 44.1 Å². The number of carbonyl (C=O) groups excluding carboxylic acids is 8. The standard InChI is InChI=1S/C61H74N10O21S2.Na/c1-31-29-71-51(52(31)79)57(84)63-28-37(73)25-41(64-53(80)34-12-14-35(15-13-34)58-68-69-59(93-58)36-16-18-40(19-17-36)89-22-8-4-7-21-88-39-9-5-3-6-10-39)54(81)65-48(32(2)72)60(85)70-30-38(74)26-42(70)55(82)66-49(56(83)67-50(61(71)86)45(77)27-47(62)78)44(76)23-33-11-20-43(75)46(24-33)90-94-92-91-87;/h3,5-6,9-20,24,31-32,37-38,41-42,44-45,48-52,72-77,79,87H,4,7-8,21-23,25-30H2,1-2H3,(H2,62,78)(H,63,84)(H,64,80)(H,65,81)(H,66,82)(H,67,83);/q;+1/p-1/t31?,32?,37?,38?,41-,42?,44?,45?,48?,49?,50?,51?,52?;/m0./s1. The molecule has 34 heteroatoms. The average Bonchev–Trinajstić information content (AvgIpc) is 1.72. The monoisotopic (exact) mass is 1370 g/mol. The minimum atomic E-state index is -2.23. The minimum Gasteiger partial charge on any atom is -0.691 e. The van der Waals surface area contributed by atoms with Gasteiger partial charge in [-0.05, 0) is 92.4 Å².